The third-order valence-corrected chi connectivity index (χ3v) is 4.24. The van der Waals surface area contributed by atoms with Gasteiger partial charge >= 0.3 is 6.18 Å². The fraction of sp³-hybridized carbons (Fsp3) is 0.562. The second-order valence-electron chi connectivity index (χ2n) is 6.32. The predicted molar refractivity (Wildman–Crippen MR) is 88.2 cm³/mol. The highest BCUT2D eigenvalue weighted by Crippen LogP contribution is 2.36. The maximum absolute atomic E-state index is 12.7. The van der Waals surface area contributed by atoms with Crippen molar-refractivity contribution in [1.82, 2.24) is 9.99 Å². The van der Waals surface area contributed by atoms with Crippen LogP contribution in [0.5, 0.6) is 0 Å². The number of nitrogens with zero attached hydrogens (tertiary/aromatic N) is 2. The molecule has 1 saturated heterocycles. The molecule has 1 atom stereocenters. The molecule has 2 amide bonds. The number of hydrogen-bond acceptors (Lipinski definition) is 5. The molecule has 6 nitrogen and oxygen atoms in total. The third-order valence-electron chi connectivity index (χ3n) is 3.95. The van der Waals surface area contributed by atoms with Crippen molar-refractivity contribution in [3.05, 3.63) is 22.8 Å². The van der Waals surface area contributed by atoms with Gasteiger partial charge in [0.15, 0.2) is 0 Å². The van der Waals surface area contributed by atoms with E-state index in [1.54, 1.807) is 6.92 Å². The summed E-state index contributed by atoms with van der Waals surface area (Å²) >= 11 is 5.55. The predicted octanol–water partition coefficient (Wildman–Crippen LogP) is 3.66. The molecule has 1 fully saturated rings. The average molecular weight is 394 g/mol. The molecular formula is C16H19ClF3N3O3. The first kappa shape index (κ1) is 20.4. The standard InChI is InChI=1S/C16H19ClF3N3O3/c1-3-4-7-26-9-15(2)8-12(24)23(14(15)25)22-11-6-5-10(13(17)21-11)16(18,19)20/h5-6H,3-4,7-9H2,1-2H3,(H,21,22). The second-order valence-corrected chi connectivity index (χ2v) is 6.68. The van der Waals surface area contributed by atoms with Gasteiger partial charge in [0.25, 0.3) is 5.91 Å². The zero-order valence-corrected chi connectivity index (χ0v) is 15.1. The Morgan fingerprint density at radius 2 is 2.08 bits per heavy atom. The normalized spacial score (nSPS) is 20.8. The number of alkyl halides is 3. The summed E-state index contributed by atoms with van der Waals surface area (Å²) in [6, 6.07) is 1.73. The zero-order chi connectivity index (χ0) is 19.5. The molecule has 26 heavy (non-hydrogen) atoms. The maximum atomic E-state index is 12.7. The summed E-state index contributed by atoms with van der Waals surface area (Å²) in [5.74, 6) is -1.19. The molecular weight excluding hydrogens is 375 g/mol. The van der Waals surface area contributed by atoms with E-state index in [2.05, 4.69) is 10.4 Å². The van der Waals surface area contributed by atoms with Crippen LogP contribution in [0.25, 0.3) is 0 Å². The van der Waals surface area contributed by atoms with Crippen LogP contribution in [-0.2, 0) is 20.5 Å². The third kappa shape index (κ3) is 4.45. The Labute approximate surface area is 153 Å². The van der Waals surface area contributed by atoms with E-state index < -0.39 is 34.1 Å². The number of imide groups is 1. The molecule has 1 unspecified atom stereocenters. The fourth-order valence-electron chi connectivity index (χ4n) is 2.46. The van der Waals surface area contributed by atoms with Crippen molar-refractivity contribution in [3.8, 4) is 0 Å². The summed E-state index contributed by atoms with van der Waals surface area (Å²) in [4.78, 5) is 28.3. The molecule has 1 aliphatic rings. The number of amides is 2. The van der Waals surface area contributed by atoms with E-state index in [9.17, 15) is 22.8 Å². The van der Waals surface area contributed by atoms with Crippen molar-refractivity contribution in [2.75, 3.05) is 18.6 Å². The molecule has 10 heteroatoms. The van der Waals surface area contributed by atoms with E-state index in [1.165, 1.54) is 0 Å². The number of anilines is 1. The Morgan fingerprint density at radius 3 is 2.65 bits per heavy atom. The number of rotatable bonds is 7. The Balaban J connectivity index is 2.09. The zero-order valence-electron chi connectivity index (χ0n) is 14.3. The minimum atomic E-state index is -4.64. The number of aromatic nitrogens is 1. The lowest BCUT2D eigenvalue weighted by Gasteiger charge is -2.22. The van der Waals surface area contributed by atoms with Crippen LogP contribution < -0.4 is 5.43 Å². The second kappa shape index (κ2) is 7.79. The molecule has 1 aliphatic heterocycles. The van der Waals surface area contributed by atoms with Crippen LogP contribution in [0, 0.1) is 5.41 Å². The molecule has 0 spiro atoms. The van der Waals surface area contributed by atoms with Crippen LogP contribution in [0.15, 0.2) is 12.1 Å². The number of unbranched alkanes of at least 4 members (excludes halogenated alkanes) is 1. The number of hydrogen-bond donors (Lipinski definition) is 1. The maximum Gasteiger partial charge on any atom is 0.419 e. The van der Waals surface area contributed by atoms with Crippen molar-refractivity contribution < 1.29 is 27.5 Å². The highest BCUT2D eigenvalue weighted by molar-refractivity contribution is 6.30. The minimum Gasteiger partial charge on any atom is -0.380 e. The van der Waals surface area contributed by atoms with Gasteiger partial charge < -0.3 is 4.74 Å². The number of halogens is 4. The molecule has 144 valence electrons. The Hall–Kier alpha value is -1.87. The molecule has 2 heterocycles. The van der Waals surface area contributed by atoms with Crippen LogP contribution in [0.2, 0.25) is 5.15 Å². The molecule has 0 radical (unpaired) electrons. The summed E-state index contributed by atoms with van der Waals surface area (Å²) < 4.78 is 43.6. The lowest BCUT2D eigenvalue weighted by atomic mass is 9.90. The molecule has 0 aromatic carbocycles. The van der Waals surface area contributed by atoms with Gasteiger partial charge in [0.1, 0.15) is 11.0 Å². The summed E-state index contributed by atoms with van der Waals surface area (Å²) in [6.45, 7) is 4.17. The first-order valence-corrected chi connectivity index (χ1v) is 8.42. The van der Waals surface area contributed by atoms with E-state index in [-0.39, 0.29) is 18.8 Å². The van der Waals surface area contributed by atoms with E-state index in [4.69, 9.17) is 16.3 Å². The lowest BCUT2D eigenvalue weighted by molar-refractivity contribution is -0.141. The van der Waals surface area contributed by atoms with Crippen LogP contribution in [-0.4, -0.2) is 35.0 Å². The smallest absolute Gasteiger partial charge is 0.380 e. The summed E-state index contributed by atoms with van der Waals surface area (Å²) in [6.07, 6.45) is -2.93. The molecule has 1 aromatic heterocycles. The first-order chi connectivity index (χ1) is 12.1. The SMILES string of the molecule is CCCCOCC1(C)CC(=O)N(Nc2ccc(C(F)(F)F)c(Cl)n2)C1=O. The highest BCUT2D eigenvalue weighted by Gasteiger charge is 2.49. The summed E-state index contributed by atoms with van der Waals surface area (Å²) in [5, 5.41) is -0.0259. The number of pyridine rings is 1. The number of ether oxygens (including phenoxy) is 1. The Morgan fingerprint density at radius 1 is 1.38 bits per heavy atom. The fourth-order valence-corrected chi connectivity index (χ4v) is 2.73. The monoisotopic (exact) mass is 393 g/mol. The van der Waals surface area contributed by atoms with Crippen molar-refractivity contribution in [2.45, 2.75) is 39.3 Å². The van der Waals surface area contributed by atoms with Gasteiger partial charge in [-0.25, -0.2) is 4.98 Å². The van der Waals surface area contributed by atoms with Gasteiger partial charge in [-0.1, -0.05) is 24.9 Å². The molecule has 0 saturated carbocycles. The average Bonchev–Trinajstić information content (AvgIpc) is 2.74. The Kier molecular flexibility index (Phi) is 6.13. The lowest BCUT2D eigenvalue weighted by Crippen LogP contribution is -2.40. The molecule has 1 N–H and O–H groups in total. The minimum absolute atomic E-state index is 0.0701. The number of carbonyl (C=O) groups is 2. The van der Waals surface area contributed by atoms with Crippen LogP contribution >= 0.6 is 11.6 Å². The van der Waals surface area contributed by atoms with Gasteiger partial charge in [0.2, 0.25) is 5.91 Å². The van der Waals surface area contributed by atoms with E-state index in [1.807, 2.05) is 6.92 Å². The van der Waals surface area contributed by atoms with Crippen LogP contribution in [0.1, 0.15) is 38.7 Å². The van der Waals surface area contributed by atoms with Crippen LogP contribution in [0.3, 0.4) is 0 Å². The van der Waals surface area contributed by atoms with Crippen molar-refractivity contribution in [2.24, 2.45) is 5.41 Å². The first-order valence-electron chi connectivity index (χ1n) is 8.04. The van der Waals surface area contributed by atoms with Crippen molar-refractivity contribution >= 4 is 29.2 Å². The molecule has 2 rings (SSSR count). The Bertz CT molecular complexity index is 699. The molecule has 1 aromatic rings. The van der Waals surface area contributed by atoms with E-state index in [0.29, 0.717) is 6.61 Å². The number of carbonyl (C=O) groups excluding carboxylic acids is 2. The highest BCUT2D eigenvalue weighted by atomic mass is 35.5. The number of nitrogens with one attached hydrogen (secondary N) is 1. The number of hydrazine groups is 1. The van der Waals surface area contributed by atoms with Gasteiger partial charge in [-0.05, 0) is 25.5 Å². The van der Waals surface area contributed by atoms with Gasteiger partial charge in [0.05, 0.1) is 17.6 Å². The summed E-state index contributed by atoms with van der Waals surface area (Å²) in [5.41, 5.74) is 0.299. The molecule has 0 aliphatic carbocycles. The van der Waals surface area contributed by atoms with Crippen molar-refractivity contribution in [1.29, 1.82) is 0 Å². The summed E-state index contributed by atoms with van der Waals surface area (Å²) in [7, 11) is 0. The quantitative estimate of drug-likeness (QED) is 0.435. The molecule has 0 bridgehead atoms. The van der Waals surface area contributed by atoms with E-state index >= 15 is 0 Å². The topological polar surface area (TPSA) is 71.5 Å². The largest absolute Gasteiger partial charge is 0.419 e. The van der Waals surface area contributed by atoms with E-state index in [0.717, 1.165) is 30.0 Å². The van der Waals surface area contributed by atoms with Crippen molar-refractivity contribution in [3.63, 3.8) is 0 Å². The van der Waals surface area contributed by atoms with Crippen LogP contribution in [0.4, 0.5) is 19.0 Å². The van der Waals surface area contributed by atoms with Gasteiger partial charge in [0, 0.05) is 13.0 Å². The van der Waals surface area contributed by atoms with Gasteiger partial charge in [-0.15, -0.1) is 0 Å². The van der Waals surface area contributed by atoms with Gasteiger partial charge in [-0.2, -0.15) is 18.2 Å². The van der Waals surface area contributed by atoms with Gasteiger partial charge in [-0.3, -0.25) is 15.0 Å².